The molecule has 2 aliphatic heterocycles. The molecule has 0 unspecified atom stereocenters. The normalized spacial score (nSPS) is 13.0. The highest BCUT2D eigenvalue weighted by molar-refractivity contribution is 7.00. The van der Waals surface area contributed by atoms with Crippen LogP contribution in [-0.4, -0.2) is 15.8 Å². The first-order chi connectivity index (χ1) is 53.5. The third kappa shape index (κ3) is 12.1. The molecule has 0 atom stereocenters. The first-order valence-electron chi connectivity index (χ1n) is 39.5. The molecule has 0 fully saturated rings. The van der Waals surface area contributed by atoms with Gasteiger partial charge in [-0.15, -0.1) is 0 Å². The maximum absolute atomic E-state index is 2.59. The molecular formula is C106H91BN4. The lowest BCUT2D eigenvalue weighted by Crippen LogP contribution is -2.61. The van der Waals surface area contributed by atoms with E-state index in [4.69, 9.17) is 0 Å². The molecule has 0 saturated carbocycles. The third-order valence-electron chi connectivity index (χ3n) is 23.7. The average molecular weight is 1430 g/mol. The summed E-state index contributed by atoms with van der Waals surface area (Å²) in [6.07, 6.45) is 0. The standard InChI is InChI=1S/C106H91BN4/c1-103(2,3)80-40-50-88-89-51-41-81(104(4,5)6)63-97(89)110(96(88)62-80)86-48-54-92-100(66-86)108(84-44-36-72(37-45-84)78-58-74(68-26-17-13-18-27-68)56-75(59-78)69-28-19-14-20-29-69)94-34-25-35-95-102(94)107(92)93-55-49-87(111-98-64-82(105(7,8)9)42-52-90(98)91-53-43-83(65-99(91)111)106(10,11)12)67-101(93)109(95)85-46-38-73(39-47-85)79-60-76(70-30-21-15-22-31-70)57-77(61-79)71-32-23-16-24-33-71/h13-67H,1-12H3. The Morgan fingerprint density at radius 1 is 0.198 bits per heavy atom. The zero-order valence-electron chi connectivity index (χ0n) is 65.6. The summed E-state index contributed by atoms with van der Waals surface area (Å²) in [5, 5.41) is 5.00. The SMILES string of the molecule is CC(C)(C)c1ccc2c3ccc(C(C)(C)C)cc3n(-c3ccc4c(c3)N(c3ccc(-c5cc(-c6ccccc6)cc(-c6ccccc6)c5)cc3)c3cccc5c3B4c3ccc(-n4c6cc(C(C)(C)C)ccc6c6ccc(C(C)(C)C)cc64)cc3N5c3ccc(-c4cc(-c5ccccc5)cc(-c5ccccc5)c4)cc3)c2c1. The Labute approximate surface area is 654 Å². The molecule has 0 aliphatic carbocycles. The van der Waals surface area contributed by atoms with Crippen LogP contribution in [0.3, 0.4) is 0 Å². The summed E-state index contributed by atoms with van der Waals surface area (Å²) < 4.78 is 5.14. The smallest absolute Gasteiger partial charge is 0.252 e. The van der Waals surface area contributed by atoms with Crippen LogP contribution in [0.4, 0.5) is 34.1 Å². The van der Waals surface area contributed by atoms with Crippen molar-refractivity contribution in [2.24, 2.45) is 0 Å². The van der Waals surface area contributed by atoms with Gasteiger partial charge in [0.15, 0.2) is 0 Å². The van der Waals surface area contributed by atoms with E-state index in [0.717, 1.165) is 56.6 Å². The zero-order valence-corrected chi connectivity index (χ0v) is 65.6. The van der Waals surface area contributed by atoms with E-state index < -0.39 is 0 Å². The van der Waals surface area contributed by atoms with Crippen LogP contribution in [0.5, 0.6) is 0 Å². The van der Waals surface area contributed by atoms with Crippen LogP contribution in [0.2, 0.25) is 0 Å². The van der Waals surface area contributed by atoms with Crippen LogP contribution >= 0.6 is 0 Å². The minimum Gasteiger partial charge on any atom is -0.311 e. The molecule has 19 rings (SSSR count). The summed E-state index contributed by atoms with van der Waals surface area (Å²) in [5.74, 6) is 0. The molecule has 0 saturated heterocycles. The number of nitrogens with zero attached hydrogens (tertiary/aromatic N) is 4. The number of hydrogen-bond acceptors (Lipinski definition) is 2. The van der Waals surface area contributed by atoms with Gasteiger partial charge in [-0.05, 0) is 248 Å². The monoisotopic (exact) mass is 1430 g/mol. The van der Waals surface area contributed by atoms with Crippen molar-refractivity contribution in [3.8, 4) is 78.1 Å². The van der Waals surface area contributed by atoms with E-state index in [2.05, 4.69) is 436 Å². The summed E-state index contributed by atoms with van der Waals surface area (Å²) in [4.78, 5) is 5.18. The number of fused-ring (bicyclic) bond motifs is 10. The highest BCUT2D eigenvalue weighted by atomic mass is 15.2. The van der Waals surface area contributed by atoms with Gasteiger partial charge in [0, 0.05) is 67.0 Å². The van der Waals surface area contributed by atoms with Gasteiger partial charge < -0.3 is 18.9 Å². The van der Waals surface area contributed by atoms with Gasteiger partial charge in [-0.2, -0.15) is 0 Å². The first-order valence-corrected chi connectivity index (χ1v) is 39.5. The number of hydrogen-bond donors (Lipinski definition) is 0. The van der Waals surface area contributed by atoms with Gasteiger partial charge in [0.25, 0.3) is 6.71 Å². The van der Waals surface area contributed by atoms with Gasteiger partial charge in [0.05, 0.1) is 22.1 Å². The summed E-state index contributed by atoms with van der Waals surface area (Å²) >= 11 is 0. The summed E-state index contributed by atoms with van der Waals surface area (Å²) in [6, 6.07) is 127. The predicted octanol–water partition coefficient (Wildman–Crippen LogP) is 27.2. The molecule has 0 bridgehead atoms. The minimum atomic E-state index is -0.166. The van der Waals surface area contributed by atoms with Crippen molar-refractivity contribution < 1.29 is 0 Å². The van der Waals surface area contributed by atoms with Crippen LogP contribution in [0.1, 0.15) is 105 Å². The lowest BCUT2D eigenvalue weighted by molar-refractivity contribution is 0.590. The van der Waals surface area contributed by atoms with E-state index >= 15 is 0 Å². The molecule has 0 N–H and O–H groups in total. The average Bonchev–Trinajstić information content (AvgIpc) is 1.56. The van der Waals surface area contributed by atoms with E-state index in [9.17, 15) is 0 Å². The number of benzene rings is 15. The molecule has 538 valence electrons. The molecule has 111 heavy (non-hydrogen) atoms. The van der Waals surface area contributed by atoms with Crippen molar-refractivity contribution in [2.45, 2.75) is 105 Å². The predicted molar refractivity (Wildman–Crippen MR) is 477 cm³/mol. The van der Waals surface area contributed by atoms with Crippen molar-refractivity contribution in [1.82, 2.24) is 9.13 Å². The number of rotatable bonds is 10. The van der Waals surface area contributed by atoms with Crippen LogP contribution in [0.15, 0.2) is 334 Å². The highest BCUT2D eigenvalue weighted by Gasteiger charge is 2.44. The second-order valence-corrected chi connectivity index (χ2v) is 35.1. The molecule has 2 aliphatic rings. The van der Waals surface area contributed by atoms with Gasteiger partial charge in [0.2, 0.25) is 0 Å². The third-order valence-corrected chi connectivity index (χ3v) is 23.7. The molecule has 0 radical (unpaired) electrons. The van der Waals surface area contributed by atoms with E-state index in [1.54, 1.807) is 0 Å². The van der Waals surface area contributed by atoms with E-state index in [0.29, 0.717) is 0 Å². The maximum Gasteiger partial charge on any atom is 0.252 e. The van der Waals surface area contributed by atoms with Gasteiger partial charge in [-0.25, -0.2) is 0 Å². The largest absolute Gasteiger partial charge is 0.311 e. The van der Waals surface area contributed by atoms with E-state index in [1.807, 2.05) is 0 Å². The van der Waals surface area contributed by atoms with Crippen molar-refractivity contribution in [2.75, 3.05) is 9.80 Å². The maximum atomic E-state index is 2.59. The Hall–Kier alpha value is -12.4. The molecule has 5 heteroatoms. The molecule has 17 aromatic rings. The Balaban J connectivity index is 0.856. The molecule has 2 aromatic heterocycles. The van der Waals surface area contributed by atoms with Gasteiger partial charge in [0.1, 0.15) is 0 Å². The first kappa shape index (κ1) is 69.1. The van der Waals surface area contributed by atoms with Crippen molar-refractivity contribution in [3.05, 3.63) is 356 Å². The van der Waals surface area contributed by atoms with Crippen LogP contribution in [0, 0.1) is 0 Å². The van der Waals surface area contributed by atoms with Crippen molar-refractivity contribution in [3.63, 3.8) is 0 Å². The summed E-state index contributed by atoms with van der Waals surface area (Å²) in [6.45, 7) is 27.8. The Bertz CT molecular complexity index is 5860. The molecule has 0 spiro atoms. The van der Waals surface area contributed by atoms with Crippen LogP contribution in [-0.2, 0) is 21.7 Å². The quantitative estimate of drug-likeness (QED) is 0.127. The van der Waals surface area contributed by atoms with Crippen LogP contribution in [0.25, 0.3) is 122 Å². The van der Waals surface area contributed by atoms with E-state index in [1.165, 1.54) is 138 Å². The highest BCUT2D eigenvalue weighted by Crippen LogP contribution is 2.49. The summed E-state index contributed by atoms with van der Waals surface area (Å²) in [7, 11) is 0. The lowest BCUT2D eigenvalue weighted by atomic mass is 9.33. The molecule has 4 nitrogen and oxygen atoms in total. The minimum absolute atomic E-state index is 0.0736. The molecule has 0 amide bonds. The van der Waals surface area contributed by atoms with E-state index in [-0.39, 0.29) is 28.4 Å². The molecule has 15 aromatic carbocycles. The zero-order chi connectivity index (χ0) is 76.0. The molecular weight excluding hydrogens is 1340 g/mol. The second kappa shape index (κ2) is 26.1. The number of anilines is 6. The van der Waals surface area contributed by atoms with Gasteiger partial charge in [-0.1, -0.05) is 295 Å². The van der Waals surface area contributed by atoms with Crippen molar-refractivity contribution in [1.29, 1.82) is 0 Å². The second-order valence-electron chi connectivity index (χ2n) is 35.1. The fourth-order valence-corrected chi connectivity index (χ4v) is 17.6. The van der Waals surface area contributed by atoms with Gasteiger partial charge >= 0.3 is 0 Å². The van der Waals surface area contributed by atoms with Crippen molar-refractivity contribution >= 4 is 101 Å². The molecule has 4 heterocycles. The Kier molecular flexibility index (Phi) is 16.3. The fourth-order valence-electron chi connectivity index (χ4n) is 17.6. The lowest BCUT2D eigenvalue weighted by Gasteiger charge is -2.44. The summed E-state index contributed by atoms with van der Waals surface area (Å²) in [5.41, 5.74) is 36.6. The topological polar surface area (TPSA) is 16.3 Å². The number of aromatic nitrogens is 2. The van der Waals surface area contributed by atoms with Gasteiger partial charge in [-0.3, -0.25) is 0 Å². The Morgan fingerprint density at radius 3 is 0.712 bits per heavy atom. The Morgan fingerprint density at radius 2 is 0.450 bits per heavy atom. The van der Waals surface area contributed by atoms with Crippen LogP contribution < -0.4 is 26.2 Å². The fraction of sp³-hybridized carbons (Fsp3) is 0.151.